The van der Waals surface area contributed by atoms with E-state index < -0.39 is 10.0 Å². The van der Waals surface area contributed by atoms with Gasteiger partial charge in [0, 0.05) is 36.1 Å². The third kappa shape index (κ3) is 6.24. The number of benzene rings is 2. The van der Waals surface area contributed by atoms with Crippen molar-refractivity contribution in [1.82, 2.24) is 4.72 Å². The van der Waals surface area contributed by atoms with E-state index in [4.69, 9.17) is 0 Å². The van der Waals surface area contributed by atoms with Gasteiger partial charge in [0.25, 0.3) is 0 Å². The summed E-state index contributed by atoms with van der Waals surface area (Å²) in [5.41, 5.74) is 2.60. The number of piperidine rings is 1. The van der Waals surface area contributed by atoms with Gasteiger partial charge in [-0.2, -0.15) is 0 Å². The molecule has 0 aromatic heterocycles. The van der Waals surface area contributed by atoms with Crippen molar-refractivity contribution >= 4 is 39.1 Å². The molecule has 0 atom stereocenters. The molecule has 0 unspecified atom stereocenters. The van der Waals surface area contributed by atoms with Crippen molar-refractivity contribution in [2.75, 3.05) is 29.6 Å². The van der Waals surface area contributed by atoms with Crippen molar-refractivity contribution in [3.8, 4) is 0 Å². The number of rotatable bonds is 8. The maximum atomic E-state index is 12.9. The van der Waals surface area contributed by atoms with Crippen LogP contribution in [0.15, 0.2) is 52.3 Å². The van der Waals surface area contributed by atoms with Crippen molar-refractivity contribution in [2.24, 2.45) is 5.92 Å². The van der Waals surface area contributed by atoms with Crippen LogP contribution in [-0.2, 0) is 21.4 Å². The van der Waals surface area contributed by atoms with Gasteiger partial charge >= 0.3 is 0 Å². The number of nitrogens with one attached hydrogen (secondary N) is 2. The summed E-state index contributed by atoms with van der Waals surface area (Å²) in [5.74, 6) is -0.340. The second-order valence-electron chi connectivity index (χ2n) is 8.04. The zero-order chi connectivity index (χ0) is 22.4. The van der Waals surface area contributed by atoms with E-state index in [2.05, 4.69) is 27.1 Å². The molecule has 0 spiro atoms. The largest absolute Gasteiger partial charge is 0.372 e. The van der Waals surface area contributed by atoms with Crippen LogP contribution in [0, 0.1) is 5.92 Å². The molecule has 1 fully saturated rings. The first kappa shape index (κ1) is 23.6. The van der Waals surface area contributed by atoms with E-state index in [-0.39, 0.29) is 23.3 Å². The second kappa shape index (κ2) is 10.5. The lowest BCUT2D eigenvalue weighted by molar-refractivity contribution is -0.118. The first-order valence-corrected chi connectivity index (χ1v) is 13.3. The number of carbonyl (C=O) groups is 1. The van der Waals surface area contributed by atoms with Crippen molar-refractivity contribution < 1.29 is 13.2 Å². The summed E-state index contributed by atoms with van der Waals surface area (Å²) >= 11 is 1.46. The maximum Gasteiger partial charge on any atom is 0.240 e. The molecule has 2 aromatic carbocycles. The molecule has 3 rings (SSSR count). The van der Waals surface area contributed by atoms with Crippen LogP contribution < -0.4 is 14.9 Å². The summed E-state index contributed by atoms with van der Waals surface area (Å²) in [6.45, 7) is 5.96. The fourth-order valence-corrected chi connectivity index (χ4v) is 5.04. The van der Waals surface area contributed by atoms with Gasteiger partial charge in [-0.1, -0.05) is 26.0 Å². The smallest absolute Gasteiger partial charge is 0.240 e. The van der Waals surface area contributed by atoms with Crippen molar-refractivity contribution in [1.29, 1.82) is 0 Å². The van der Waals surface area contributed by atoms with Gasteiger partial charge in [-0.15, -0.1) is 11.8 Å². The predicted molar refractivity (Wildman–Crippen MR) is 128 cm³/mol. The highest BCUT2D eigenvalue weighted by Gasteiger charge is 2.18. The van der Waals surface area contributed by atoms with Gasteiger partial charge in [-0.3, -0.25) is 4.79 Å². The second-order valence-corrected chi connectivity index (χ2v) is 10.7. The molecule has 31 heavy (non-hydrogen) atoms. The Morgan fingerprint density at radius 1 is 1.06 bits per heavy atom. The SMILES string of the molecule is CSc1ccc(S(=O)(=O)NCc2ccc(N3CCCCC3)cc2)cc1NC(=O)C(C)C. The highest BCUT2D eigenvalue weighted by molar-refractivity contribution is 7.98. The van der Waals surface area contributed by atoms with E-state index in [1.165, 1.54) is 42.8 Å². The van der Waals surface area contributed by atoms with E-state index >= 15 is 0 Å². The summed E-state index contributed by atoms with van der Waals surface area (Å²) in [4.78, 5) is 15.4. The van der Waals surface area contributed by atoms with E-state index in [9.17, 15) is 13.2 Å². The average molecular weight is 462 g/mol. The Labute approximate surface area is 189 Å². The minimum absolute atomic E-state index is 0.134. The number of hydrogen-bond acceptors (Lipinski definition) is 5. The molecule has 168 valence electrons. The number of sulfonamides is 1. The van der Waals surface area contributed by atoms with Crippen molar-refractivity contribution in [3.63, 3.8) is 0 Å². The molecule has 0 bridgehead atoms. The molecule has 1 heterocycles. The Bertz CT molecular complexity index is 999. The molecule has 1 saturated heterocycles. The maximum absolute atomic E-state index is 12.9. The molecular weight excluding hydrogens is 430 g/mol. The predicted octanol–water partition coefficient (Wildman–Crippen LogP) is 4.47. The van der Waals surface area contributed by atoms with Gasteiger partial charge in [0.1, 0.15) is 0 Å². The summed E-state index contributed by atoms with van der Waals surface area (Å²) in [6.07, 6.45) is 5.62. The monoisotopic (exact) mass is 461 g/mol. The van der Waals surface area contributed by atoms with Crippen LogP contribution in [0.1, 0.15) is 38.7 Å². The third-order valence-corrected chi connectivity index (χ3v) is 7.58. The van der Waals surface area contributed by atoms with E-state index in [1.54, 1.807) is 26.0 Å². The summed E-state index contributed by atoms with van der Waals surface area (Å²) in [6, 6.07) is 12.9. The highest BCUT2D eigenvalue weighted by atomic mass is 32.2. The summed E-state index contributed by atoms with van der Waals surface area (Å²) in [7, 11) is -3.71. The quantitative estimate of drug-likeness (QED) is 0.567. The normalized spacial score (nSPS) is 14.6. The number of thioether (sulfide) groups is 1. The number of hydrogen-bond donors (Lipinski definition) is 2. The lowest BCUT2D eigenvalue weighted by atomic mass is 10.1. The molecule has 1 aliphatic rings. The van der Waals surface area contributed by atoms with Gasteiger partial charge < -0.3 is 10.2 Å². The van der Waals surface area contributed by atoms with Crippen LogP contribution in [0.2, 0.25) is 0 Å². The molecule has 0 radical (unpaired) electrons. The van der Waals surface area contributed by atoms with Crippen molar-refractivity contribution in [3.05, 3.63) is 48.0 Å². The van der Waals surface area contributed by atoms with Gasteiger partial charge in [-0.05, 0) is 61.4 Å². The van der Waals surface area contributed by atoms with Crippen molar-refractivity contribution in [2.45, 2.75) is 49.4 Å². The Balaban J connectivity index is 1.69. The first-order chi connectivity index (χ1) is 14.8. The number of nitrogens with zero attached hydrogens (tertiary/aromatic N) is 1. The van der Waals surface area contributed by atoms with Crippen LogP contribution in [0.4, 0.5) is 11.4 Å². The average Bonchev–Trinajstić information content (AvgIpc) is 2.78. The van der Waals surface area contributed by atoms with Gasteiger partial charge in [0.05, 0.1) is 10.6 Å². The molecule has 0 saturated carbocycles. The Hall–Kier alpha value is -2.03. The molecule has 2 N–H and O–H groups in total. The number of carbonyl (C=O) groups excluding carboxylic acids is 1. The Morgan fingerprint density at radius 3 is 2.35 bits per heavy atom. The minimum Gasteiger partial charge on any atom is -0.372 e. The molecular formula is C23H31N3O3S2. The lowest BCUT2D eigenvalue weighted by Gasteiger charge is -2.28. The molecule has 0 aliphatic carbocycles. The Morgan fingerprint density at radius 2 is 1.74 bits per heavy atom. The highest BCUT2D eigenvalue weighted by Crippen LogP contribution is 2.29. The minimum atomic E-state index is -3.71. The van der Waals surface area contributed by atoms with Gasteiger partial charge in [-0.25, -0.2) is 13.1 Å². The van der Waals surface area contributed by atoms with Crippen LogP contribution in [-0.4, -0.2) is 33.7 Å². The molecule has 1 amide bonds. The van der Waals surface area contributed by atoms with Crippen LogP contribution in [0.3, 0.4) is 0 Å². The van der Waals surface area contributed by atoms with E-state index in [0.717, 1.165) is 23.5 Å². The van der Waals surface area contributed by atoms with E-state index in [1.807, 2.05) is 18.4 Å². The molecule has 6 nitrogen and oxygen atoms in total. The number of amides is 1. The van der Waals surface area contributed by atoms with Crippen LogP contribution in [0.25, 0.3) is 0 Å². The molecule has 1 aliphatic heterocycles. The third-order valence-electron chi connectivity index (χ3n) is 5.39. The fourth-order valence-electron chi connectivity index (χ4n) is 3.47. The van der Waals surface area contributed by atoms with E-state index in [0.29, 0.717) is 5.69 Å². The molecule has 2 aromatic rings. The first-order valence-electron chi connectivity index (χ1n) is 10.6. The van der Waals surface area contributed by atoms with Gasteiger partial charge in [0.2, 0.25) is 15.9 Å². The standard InChI is InChI=1S/C23H31N3O3S2/c1-17(2)23(27)25-21-15-20(11-12-22(21)30-3)31(28,29)24-16-18-7-9-19(10-8-18)26-13-5-4-6-14-26/h7-12,15,17,24H,4-6,13-14,16H2,1-3H3,(H,25,27). The summed E-state index contributed by atoms with van der Waals surface area (Å²) in [5, 5.41) is 2.83. The zero-order valence-electron chi connectivity index (χ0n) is 18.3. The van der Waals surface area contributed by atoms with Crippen LogP contribution >= 0.6 is 11.8 Å². The van der Waals surface area contributed by atoms with Gasteiger partial charge in [0.15, 0.2) is 0 Å². The zero-order valence-corrected chi connectivity index (χ0v) is 20.0. The summed E-state index contributed by atoms with van der Waals surface area (Å²) < 4.78 is 28.4. The molecule has 8 heteroatoms. The lowest BCUT2D eigenvalue weighted by Crippen LogP contribution is -2.29. The van der Waals surface area contributed by atoms with Crippen LogP contribution in [0.5, 0.6) is 0 Å². The Kier molecular flexibility index (Phi) is 8.02. The fraction of sp³-hybridized carbons (Fsp3) is 0.435. The topological polar surface area (TPSA) is 78.5 Å². The number of anilines is 2.